The molecule has 0 bridgehead atoms. The molecule has 1 fully saturated rings. The normalized spacial score (nSPS) is 18.7. The molecule has 2 N–H and O–H groups in total. The lowest BCUT2D eigenvalue weighted by Crippen LogP contribution is -2.40. The number of amides is 1. The number of nitrogens with one attached hydrogen (secondary N) is 1. The second-order valence-electron chi connectivity index (χ2n) is 5.26. The Kier molecular flexibility index (Phi) is 3.92. The maximum absolute atomic E-state index is 12.6. The van der Waals surface area contributed by atoms with Crippen molar-refractivity contribution in [2.24, 2.45) is 5.92 Å². The minimum absolute atomic E-state index is 0.0153. The summed E-state index contributed by atoms with van der Waals surface area (Å²) in [6.45, 7) is 1.48. The molecule has 110 valence electrons. The summed E-state index contributed by atoms with van der Waals surface area (Å²) in [7, 11) is 0. The molecular formula is C14H17N5O2. The summed E-state index contributed by atoms with van der Waals surface area (Å²) in [5, 5.41) is 23.0. The van der Waals surface area contributed by atoms with Gasteiger partial charge >= 0.3 is 0 Å². The van der Waals surface area contributed by atoms with Gasteiger partial charge < -0.3 is 10.0 Å². The number of carbonyl (C=O) groups excluding carboxylic acids is 1. The summed E-state index contributed by atoms with van der Waals surface area (Å²) in [4.78, 5) is 14.4. The predicted molar refractivity (Wildman–Crippen MR) is 75.3 cm³/mol. The summed E-state index contributed by atoms with van der Waals surface area (Å²) < 4.78 is 0. The molecular weight excluding hydrogens is 270 g/mol. The van der Waals surface area contributed by atoms with Crippen LogP contribution in [0.1, 0.15) is 23.2 Å². The molecule has 7 heteroatoms. The second kappa shape index (κ2) is 6.01. The van der Waals surface area contributed by atoms with Gasteiger partial charge in [-0.25, -0.2) is 0 Å². The maximum atomic E-state index is 12.6. The Morgan fingerprint density at radius 1 is 1.48 bits per heavy atom. The van der Waals surface area contributed by atoms with Gasteiger partial charge in [0.15, 0.2) is 0 Å². The molecule has 1 amide bonds. The van der Waals surface area contributed by atoms with Crippen molar-refractivity contribution >= 4 is 5.91 Å². The van der Waals surface area contributed by atoms with Crippen LogP contribution in [-0.2, 0) is 0 Å². The van der Waals surface area contributed by atoms with Crippen LogP contribution in [0.3, 0.4) is 0 Å². The second-order valence-corrected chi connectivity index (χ2v) is 5.26. The summed E-state index contributed by atoms with van der Waals surface area (Å²) in [6.07, 6.45) is 1.91. The van der Waals surface area contributed by atoms with Crippen LogP contribution >= 0.6 is 0 Å². The molecule has 0 radical (unpaired) electrons. The minimum Gasteiger partial charge on any atom is -0.396 e. The predicted octanol–water partition coefficient (Wildman–Crippen LogP) is 0.711. The molecule has 3 rings (SSSR count). The zero-order chi connectivity index (χ0) is 14.7. The third kappa shape index (κ3) is 2.92. The lowest BCUT2D eigenvalue weighted by atomic mass is 9.98. The molecule has 0 saturated carbocycles. The van der Waals surface area contributed by atoms with E-state index in [2.05, 4.69) is 20.6 Å². The summed E-state index contributed by atoms with van der Waals surface area (Å²) in [5.74, 6) is 0.637. The van der Waals surface area contributed by atoms with Crippen LogP contribution in [0.4, 0.5) is 0 Å². The molecule has 1 atom stereocenters. The van der Waals surface area contributed by atoms with Crippen LogP contribution < -0.4 is 0 Å². The number of aliphatic hydroxyl groups is 1. The number of piperidine rings is 1. The highest BCUT2D eigenvalue weighted by atomic mass is 16.3. The zero-order valence-electron chi connectivity index (χ0n) is 11.6. The zero-order valence-corrected chi connectivity index (χ0v) is 11.6. The average Bonchev–Trinajstić information content (AvgIpc) is 3.09. The lowest BCUT2D eigenvalue weighted by Gasteiger charge is -2.32. The number of benzene rings is 1. The van der Waals surface area contributed by atoms with Crippen molar-refractivity contribution in [2.75, 3.05) is 19.7 Å². The van der Waals surface area contributed by atoms with E-state index >= 15 is 0 Å². The van der Waals surface area contributed by atoms with Crippen LogP contribution in [0.2, 0.25) is 0 Å². The molecule has 1 unspecified atom stereocenters. The first-order valence-electron chi connectivity index (χ1n) is 7.02. The molecule has 1 aliphatic heterocycles. The molecule has 1 aliphatic rings. The molecule has 1 saturated heterocycles. The van der Waals surface area contributed by atoms with Gasteiger partial charge in [0, 0.05) is 30.8 Å². The standard InChI is InChI=1S/C14H17N5O2/c20-9-10-3-2-6-19(8-10)14(21)12-5-1-4-11(7-12)13-15-17-18-16-13/h1,4-5,7,10,20H,2-3,6,8-9H2,(H,15,16,17,18). The van der Waals surface area contributed by atoms with Gasteiger partial charge in [0.1, 0.15) is 0 Å². The first-order chi connectivity index (χ1) is 10.3. The Labute approximate surface area is 122 Å². The number of tetrazole rings is 1. The van der Waals surface area contributed by atoms with Gasteiger partial charge in [-0.2, -0.15) is 5.21 Å². The number of hydrogen-bond donors (Lipinski definition) is 2. The van der Waals surface area contributed by atoms with E-state index < -0.39 is 0 Å². The van der Waals surface area contributed by atoms with Crippen molar-refractivity contribution in [1.82, 2.24) is 25.5 Å². The number of aliphatic hydroxyl groups excluding tert-OH is 1. The number of H-pyrrole nitrogens is 1. The summed E-state index contributed by atoms with van der Waals surface area (Å²) >= 11 is 0. The van der Waals surface area contributed by atoms with E-state index in [1.807, 2.05) is 12.1 Å². The number of rotatable bonds is 3. The lowest BCUT2D eigenvalue weighted by molar-refractivity contribution is 0.0621. The van der Waals surface area contributed by atoms with E-state index in [1.54, 1.807) is 17.0 Å². The van der Waals surface area contributed by atoms with Crippen molar-refractivity contribution in [2.45, 2.75) is 12.8 Å². The highest BCUT2D eigenvalue weighted by molar-refractivity contribution is 5.95. The summed E-state index contributed by atoms with van der Waals surface area (Å²) in [5.41, 5.74) is 1.36. The van der Waals surface area contributed by atoms with Gasteiger partial charge in [-0.1, -0.05) is 12.1 Å². The Morgan fingerprint density at radius 2 is 2.38 bits per heavy atom. The van der Waals surface area contributed by atoms with Crippen LogP contribution in [0, 0.1) is 5.92 Å². The molecule has 1 aromatic carbocycles. The number of hydrogen-bond acceptors (Lipinski definition) is 5. The molecule has 0 aliphatic carbocycles. The fourth-order valence-corrected chi connectivity index (χ4v) is 2.66. The molecule has 7 nitrogen and oxygen atoms in total. The van der Waals surface area contributed by atoms with E-state index in [9.17, 15) is 9.90 Å². The van der Waals surface area contributed by atoms with Gasteiger partial charge in [-0.3, -0.25) is 4.79 Å². The maximum Gasteiger partial charge on any atom is 0.253 e. The van der Waals surface area contributed by atoms with Crippen molar-refractivity contribution in [3.05, 3.63) is 29.8 Å². The van der Waals surface area contributed by atoms with Crippen molar-refractivity contribution in [3.8, 4) is 11.4 Å². The van der Waals surface area contributed by atoms with Gasteiger partial charge in [0.2, 0.25) is 5.82 Å². The fraction of sp³-hybridized carbons (Fsp3) is 0.429. The summed E-state index contributed by atoms with van der Waals surface area (Å²) in [6, 6.07) is 7.21. The Balaban J connectivity index is 1.80. The minimum atomic E-state index is -0.0153. The fourth-order valence-electron chi connectivity index (χ4n) is 2.66. The Bertz CT molecular complexity index is 614. The van der Waals surface area contributed by atoms with Gasteiger partial charge in [0.05, 0.1) is 0 Å². The number of carbonyl (C=O) groups is 1. The number of aromatic nitrogens is 4. The van der Waals surface area contributed by atoms with Crippen LogP contribution in [-0.4, -0.2) is 56.2 Å². The first-order valence-corrected chi connectivity index (χ1v) is 7.02. The Morgan fingerprint density at radius 3 is 3.14 bits per heavy atom. The third-order valence-electron chi connectivity index (χ3n) is 3.78. The van der Waals surface area contributed by atoms with E-state index in [4.69, 9.17) is 0 Å². The number of aromatic amines is 1. The first kappa shape index (κ1) is 13.7. The van der Waals surface area contributed by atoms with Gasteiger partial charge in [-0.15, -0.1) is 10.2 Å². The monoisotopic (exact) mass is 287 g/mol. The molecule has 2 heterocycles. The quantitative estimate of drug-likeness (QED) is 0.867. The number of likely N-dealkylation sites (tertiary alicyclic amines) is 1. The highest BCUT2D eigenvalue weighted by Gasteiger charge is 2.24. The van der Waals surface area contributed by atoms with Crippen molar-refractivity contribution in [3.63, 3.8) is 0 Å². The molecule has 1 aromatic heterocycles. The topological polar surface area (TPSA) is 95.0 Å². The third-order valence-corrected chi connectivity index (χ3v) is 3.78. The average molecular weight is 287 g/mol. The number of nitrogens with zero attached hydrogens (tertiary/aromatic N) is 4. The molecule has 21 heavy (non-hydrogen) atoms. The van der Waals surface area contributed by atoms with E-state index in [0.29, 0.717) is 17.9 Å². The molecule has 0 spiro atoms. The van der Waals surface area contributed by atoms with Crippen LogP contribution in [0.5, 0.6) is 0 Å². The largest absolute Gasteiger partial charge is 0.396 e. The van der Waals surface area contributed by atoms with Crippen molar-refractivity contribution < 1.29 is 9.90 Å². The SMILES string of the molecule is O=C(c1cccc(-c2nn[nH]n2)c1)N1CCCC(CO)C1. The van der Waals surface area contributed by atoms with E-state index in [-0.39, 0.29) is 18.4 Å². The smallest absolute Gasteiger partial charge is 0.253 e. The van der Waals surface area contributed by atoms with E-state index in [0.717, 1.165) is 24.9 Å². The van der Waals surface area contributed by atoms with Gasteiger partial charge in [0.25, 0.3) is 5.91 Å². The van der Waals surface area contributed by atoms with E-state index in [1.165, 1.54) is 0 Å². The Hall–Kier alpha value is -2.28. The van der Waals surface area contributed by atoms with Crippen LogP contribution in [0.25, 0.3) is 11.4 Å². The highest BCUT2D eigenvalue weighted by Crippen LogP contribution is 2.20. The molecule has 2 aromatic rings. The van der Waals surface area contributed by atoms with Crippen LogP contribution in [0.15, 0.2) is 24.3 Å². The van der Waals surface area contributed by atoms with Gasteiger partial charge in [-0.05, 0) is 36.1 Å². The van der Waals surface area contributed by atoms with Crippen molar-refractivity contribution in [1.29, 1.82) is 0 Å².